The van der Waals surface area contributed by atoms with Gasteiger partial charge in [-0.1, -0.05) is 32.6 Å². The molecule has 18 heavy (non-hydrogen) atoms. The van der Waals surface area contributed by atoms with Gasteiger partial charge in [-0.2, -0.15) is 8.78 Å². The Morgan fingerprint density at radius 3 is 1.83 bits per heavy atom. The van der Waals surface area contributed by atoms with E-state index >= 15 is 0 Å². The highest BCUT2D eigenvalue weighted by Gasteiger charge is 2.67. The second-order valence-corrected chi connectivity index (χ2v) is 7.17. The molecule has 0 aromatic carbocycles. The van der Waals surface area contributed by atoms with Gasteiger partial charge in [0.1, 0.15) is 0 Å². The van der Waals surface area contributed by atoms with Gasteiger partial charge in [0.25, 0.3) is 0 Å². The average Bonchev–Trinajstić information content (AvgIpc) is 2.37. The Kier molecular flexibility index (Phi) is 8.09. The minimum absolute atomic E-state index is 0.340. The van der Waals surface area contributed by atoms with Crippen molar-refractivity contribution in [3.05, 3.63) is 6.43 Å². The Hall–Kier alpha value is -0.113. The first-order valence-corrected chi connectivity index (χ1v) is 7.69. The molecule has 0 bridgehead atoms. The molecular formula is C11H22F3O3Si. The van der Waals surface area contributed by atoms with Crippen LogP contribution in [0.5, 0.6) is 0 Å². The Morgan fingerprint density at radius 1 is 1.00 bits per heavy atom. The van der Waals surface area contributed by atoms with Crippen molar-refractivity contribution in [2.75, 3.05) is 21.3 Å². The summed E-state index contributed by atoms with van der Waals surface area (Å²) in [6, 6.07) is 0. The van der Waals surface area contributed by atoms with E-state index in [-0.39, 0.29) is 6.42 Å². The summed E-state index contributed by atoms with van der Waals surface area (Å²) in [5.41, 5.74) is 0. The number of unbranched alkanes of at least 4 members (excludes halogenated alkanes) is 3. The Bertz CT molecular complexity index is 219. The minimum Gasteiger partial charge on any atom is -0.375 e. The van der Waals surface area contributed by atoms with Crippen LogP contribution in [-0.4, -0.2) is 35.4 Å². The Labute approximate surface area is 108 Å². The first-order chi connectivity index (χ1) is 8.44. The molecule has 0 aliphatic heterocycles. The lowest BCUT2D eigenvalue weighted by atomic mass is 10.1. The molecule has 3 nitrogen and oxygen atoms in total. The highest BCUT2D eigenvalue weighted by atomic mass is 28.4. The Morgan fingerprint density at radius 2 is 1.50 bits per heavy atom. The normalized spacial score (nSPS) is 16.0. The van der Waals surface area contributed by atoms with E-state index in [0.717, 1.165) is 34.2 Å². The molecule has 1 radical (unpaired) electrons. The lowest BCUT2D eigenvalue weighted by Crippen LogP contribution is -2.63. The van der Waals surface area contributed by atoms with Gasteiger partial charge in [-0.05, 0) is 6.42 Å². The van der Waals surface area contributed by atoms with Gasteiger partial charge in [0.15, 0.2) is 0 Å². The van der Waals surface area contributed by atoms with Gasteiger partial charge in [0, 0.05) is 21.3 Å². The molecule has 1 atom stereocenters. The summed E-state index contributed by atoms with van der Waals surface area (Å²) in [7, 11) is -0.665. The molecule has 0 amide bonds. The lowest BCUT2D eigenvalue weighted by Gasteiger charge is -2.36. The molecule has 0 aliphatic carbocycles. The quantitative estimate of drug-likeness (QED) is 0.454. The number of halogens is 3. The summed E-state index contributed by atoms with van der Waals surface area (Å²) < 4.78 is 55.0. The van der Waals surface area contributed by atoms with Crippen molar-refractivity contribution in [1.29, 1.82) is 0 Å². The van der Waals surface area contributed by atoms with E-state index < -0.39 is 20.5 Å². The molecule has 7 heteroatoms. The van der Waals surface area contributed by atoms with E-state index in [1.54, 1.807) is 0 Å². The van der Waals surface area contributed by atoms with Crippen LogP contribution in [-0.2, 0) is 13.3 Å². The number of alkyl halides is 1. The first-order valence-electron chi connectivity index (χ1n) is 5.96. The predicted molar refractivity (Wildman–Crippen MR) is 64.8 cm³/mol. The SMILES string of the molecule is CCCCCCC(F)([C](F)F)[Si](OC)(OC)OC. The Balaban J connectivity index is 4.87. The molecule has 0 rings (SSSR count). The van der Waals surface area contributed by atoms with Crippen molar-refractivity contribution in [2.45, 2.75) is 44.3 Å². The molecule has 0 spiro atoms. The summed E-state index contributed by atoms with van der Waals surface area (Å²) in [5.74, 6) is 0. The van der Waals surface area contributed by atoms with Crippen LogP contribution in [0.2, 0.25) is 0 Å². The van der Waals surface area contributed by atoms with Gasteiger partial charge in [-0.15, -0.1) is 0 Å². The van der Waals surface area contributed by atoms with Crippen LogP contribution in [0.15, 0.2) is 0 Å². The lowest BCUT2D eigenvalue weighted by molar-refractivity contribution is 0.00251. The fraction of sp³-hybridized carbons (Fsp3) is 0.909. The second kappa shape index (κ2) is 8.14. The maximum Gasteiger partial charge on any atom is 0.546 e. The molecule has 0 aromatic rings. The van der Waals surface area contributed by atoms with Crippen LogP contribution < -0.4 is 0 Å². The maximum absolute atomic E-state index is 14.6. The average molecular weight is 287 g/mol. The van der Waals surface area contributed by atoms with E-state index in [4.69, 9.17) is 13.3 Å². The van der Waals surface area contributed by atoms with Gasteiger partial charge >= 0.3 is 15.2 Å². The highest BCUT2D eigenvalue weighted by molar-refractivity contribution is 6.64. The van der Waals surface area contributed by atoms with Crippen LogP contribution >= 0.6 is 0 Å². The molecule has 0 saturated heterocycles. The topological polar surface area (TPSA) is 27.7 Å². The van der Waals surface area contributed by atoms with Crippen LogP contribution in [0.1, 0.15) is 39.0 Å². The number of hydrogen-bond donors (Lipinski definition) is 0. The third kappa shape index (κ3) is 3.69. The molecule has 0 fully saturated rings. The van der Waals surface area contributed by atoms with Crippen molar-refractivity contribution >= 4 is 8.80 Å². The smallest absolute Gasteiger partial charge is 0.375 e. The van der Waals surface area contributed by atoms with E-state index in [9.17, 15) is 13.2 Å². The van der Waals surface area contributed by atoms with Crippen LogP contribution in [0.4, 0.5) is 13.2 Å². The maximum atomic E-state index is 14.6. The second-order valence-electron chi connectivity index (χ2n) is 4.04. The molecule has 0 saturated carbocycles. The van der Waals surface area contributed by atoms with E-state index in [2.05, 4.69) is 0 Å². The van der Waals surface area contributed by atoms with Crippen molar-refractivity contribution in [1.82, 2.24) is 0 Å². The molecule has 1 unspecified atom stereocenters. The van der Waals surface area contributed by atoms with Gasteiger partial charge < -0.3 is 13.3 Å². The molecular weight excluding hydrogens is 265 g/mol. The molecule has 0 heterocycles. The molecule has 0 N–H and O–H groups in total. The van der Waals surface area contributed by atoms with Crippen LogP contribution in [0.25, 0.3) is 0 Å². The molecule has 0 aliphatic rings. The predicted octanol–water partition coefficient (Wildman–Crippen LogP) is 3.51. The van der Waals surface area contributed by atoms with Crippen LogP contribution in [0.3, 0.4) is 0 Å². The van der Waals surface area contributed by atoms with Gasteiger partial charge in [0.2, 0.25) is 5.29 Å². The summed E-state index contributed by atoms with van der Waals surface area (Å²) in [6.07, 6.45) is 0.172. The van der Waals surface area contributed by atoms with Crippen LogP contribution in [0, 0.1) is 6.43 Å². The highest BCUT2D eigenvalue weighted by Crippen LogP contribution is 2.41. The third-order valence-electron chi connectivity index (χ3n) is 2.97. The minimum atomic E-state index is -4.05. The van der Waals surface area contributed by atoms with E-state index in [1.807, 2.05) is 6.92 Å². The zero-order valence-electron chi connectivity index (χ0n) is 11.4. The van der Waals surface area contributed by atoms with Gasteiger partial charge in [0.05, 0.1) is 0 Å². The fourth-order valence-corrected chi connectivity index (χ4v) is 4.08. The zero-order chi connectivity index (χ0) is 14.2. The van der Waals surface area contributed by atoms with E-state index in [0.29, 0.717) is 12.8 Å². The molecule has 109 valence electrons. The summed E-state index contributed by atoms with van der Waals surface area (Å²) in [5, 5.41) is -2.93. The van der Waals surface area contributed by atoms with Crippen molar-refractivity contribution in [3.8, 4) is 0 Å². The van der Waals surface area contributed by atoms with Gasteiger partial charge in [-0.3, -0.25) is 0 Å². The van der Waals surface area contributed by atoms with E-state index in [1.165, 1.54) is 0 Å². The third-order valence-corrected chi connectivity index (χ3v) is 5.99. The summed E-state index contributed by atoms with van der Waals surface area (Å²) >= 11 is 0. The summed E-state index contributed by atoms with van der Waals surface area (Å²) in [6.45, 7) is 1.99. The molecule has 0 aromatic heterocycles. The summed E-state index contributed by atoms with van der Waals surface area (Å²) in [4.78, 5) is 0. The standard InChI is InChI=1S/C11H22F3O3Si/c1-5-6-7-8-9-11(14,10(12)13)18(15-2,16-3)17-4/h5-9H2,1-4H3. The van der Waals surface area contributed by atoms with Crippen molar-refractivity contribution in [3.63, 3.8) is 0 Å². The monoisotopic (exact) mass is 287 g/mol. The van der Waals surface area contributed by atoms with Crippen molar-refractivity contribution in [2.24, 2.45) is 0 Å². The fourth-order valence-electron chi connectivity index (χ4n) is 1.89. The van der Waals surface area contributed by atoms with Gasteiger partial charge in [-0.25, -0.2) is 4.39 Å². The largest absolute Gasteiger partial charge is 0.546 e. The first kappa shape index (κ1) is 17.9. The zero-order valence-corrected chi connectivity index (χ0v) is 12.4. The number of hydrogen-bond acceptors (Lipinski definition) is 3. The van der Waals surface area contributed by atoms with Crippen molar-refractivity contribution < 1.29 is 26.4 Å². The number of rotatable bonds is 10.